The van der Waals surface area contributed by atoms with Crippen molar-refractivity contribution < 1.29 is 0 Å². The van der Waals surface area contributed by atoms with Crippen LogP contribution in [0.4, 0.5) is 0 Å². The predicted octanol–water partition coefficient (Wildman–Crippen LogP) is -0.580. The average molecular weight is 130 g/mol. The molecule has 0 aliphatic heterocycles. The van der Waals surface area contributed by atoms with Crippen molar-refractivity contribution in [1.82, 2.24) is 5.53 Å². The van der Waals surface area contributed by atoms with Gasteiger partial charge in [0.1, 0.15) is 0 Å². The van der Waals surface area contributed by atoms with E-state index < -0.39 is 0 Å². The SMILES string of the molecule is CC(C)/C(CN)=N\NN. The Kier molecular flexibility index (Phi) is 4.00. The third kappa shape index (κ3) is 3.05. The van der Waals surface area contributed by atoms with E-state index in [1.165, 1.54) is 0 Å². The van der Waals surface area contributed by atoms with E-state index in [-0.39, 0.29) is 0 Å². The fourth-order valence-corrected chi connectivity index (χ4v) is 0.493. The second-order valence-electron chi connectivity index (χ2n) is 2.09. The van der Waals surface area contributed by atoms with Crippen LogP contribution in [0.5, 0.6) is 0 Å². The van der Waals surface area contributed by atoms with Crippen molar-refractivity contribution in [2.24, 2.45) is 22.6 Å². The summed E-state index contributed by atoms with van der Waals surface area (Å²) in [6, 6.07) is 0. The maximum atomic E-state index is 5.33. The number of nitrogens with one attached hydrogen (secondary N) is 1. The van der Waals surface area contributed by atoms with Gasteiger partial charge < -0.3 is 5.73 Å². The van der Waals surface area contributed by atoms with Gasteiger partial charge >= 0.3 is 0 Å². The first-order chi connectivity index (χ1) is 4.22. The minimum atomic E-state index is 0.367. The van der Waals surface area contributed by atoms with Gasteiger partial charge in [-0.1, -0.05) is 13.8 Å². The largest absolute Gasteiger partial charge is 0.325 e. The molecule has 0 aromatic rings. The first-order valence-corrected chi connectivity index (χ1v) is 2.94. The first-order valence-electron chi connectivity index (χ1n) is 2.94. The highest BCUT2D eigenvalue weighted by Crippen LogP contribution is 1.93. The van der Waals surface area contributed by atoms with Crippen LogP contribution in [0.25, 0.3) is 0 Å². The molecular weight excluding hydrogens is 116 g/mol. The van der Waals surface area contributed by atoms with Gasteiger partial charge in [0.05, 0.1) is 5.71 Å². The van der Waals surface area contributed by atoms with E-state index in [0.29, 0.717) is 12.5 Å². The molecule has 0 spiro atoms. The molecule has 54 valence electrons. The van der Waals surface area contributed by atoms with Gasteiger partial charge in [0.25, 0.3) is 0 Å². The third-order valence-corrected chi connectivity index (χ3v) is 1.08. The summed E-state index contributed by atoms with van der Waals surface area (Å²) in [6.45, 7) is 4.49. The molecule has 0 heterocycles. The van der Waals surface area contributed by atoms with Gasteiger partial charge in [-0.15, -0.1) is 0 Å². The summed E-state index contributed by atoms with van der Waals surface area (Å²) >= 11 is 0. The van der Waals surface area contributed by atoms with Crippen LogP contribution in [0.1, 0.15) is 13.8 Å². The van der Waals surface area contributed by atoms with Crippen molar-refractivity contribution in [3.8, 4) is 0 Å². The molecule has 0 saturated heterocycles. The molecule has 4 heteroatoms. The van der Waals surface area contributed by atoms with Gasteiger partial charge in [-0.25, -0.2) is 11.4 Å². The molecule has 0 amide bonds. The average Bonchev–Trinajstić information content (AvgIpc) is 1.82. The molecule has 0 saturated carbocycles. The van der Waals surface area contributed by atoms with E-state index in [0.717, 1.165) is 5.71 Å². The molecule has 0 bridgehead atoms. The highest BCUT2D eigenvalue weighted by atomic mass is 15.5. The summed E-state index contributed by atoms with van der Waals surface area (Å²) in [5.41, 5.74) is 8.43. The number of hydrogen-bond donors (Lipinski definition) is 3. The van der Waals surface area contributed by atoms with E-state index in [2.05, 4.69) is 10.6 Å². The van der Waals surface area contributed by atoms with Crippen molar-refractivity contribution in [3.63, 3.8) is 0 Å². The molecule has 0 unspecified atom stereocenters. The topological polar surface area (TPSA) is 76.4 Å². The Morgan fingerprint density at radius 1 is 1.67 bits per heavy atom. The van der Waals surface area contributed by atoms with Crippen molar-refractivity contribution in [2.75, 3.05) is 6.54 Å². The molecule has 0 rings (SSSR count). The molecule has 0 aliphatic carbocycles. The molecule has 0 aromatic carbocycles. The number of nitrogens with zero attached hydrogens (tertiary/aromatic N) is 1. The van der Waals surface area contributed by atoms with Gasteiger partial charge in [-0.2, -0.15) is 5.10 Å². The Morgan fingerprint density at radius 2 is 2.22 bits per heavy atom. The highest BCUT2D eigenvalue weighted by molar-refractivity contribution is 5.87. The van der Waals surface area contributed by atoms with E-state index in [4.69, 9.17) is 11.6 Å². The van der Waals surface area contributed by atoms with Crippen LogP contribution in [0, 0.1) is 5.92 Å². The van der Waals surface area contributed by atoms with Crippen molar-refractivity contribution >= 4 is 5.71 Å². The summed E-state index contributed by atoms with van der Waals surface area (Å²) < 4.78 is 0. The number of hydrazine groups is 1. The minimum absolute atomic E-state index is 0.367. The van der Waals surface area contributed by atoms with Crippen LogP contribution in [-0.4, -0.2) is 12.3 Å². The Hall–Kier alpha value is -0.610. The summed E-state index contributed by atoms with van der Waals surface area (Å²) in [7, 11) is 0. The van der Waals surface area contributed by atoms with Crippen LogP contribution >= 0.6 is 0 Å². The highest BCUT2D eigenvalue weighted by Gasteiger charge is 2.00. The number of nitrogens with two attached hydrogens (primary N) is 2. The minimum Gasteiger partial charge on any atom is -0.325 e. The monoisotopic (exact) mass is 130 g/mol. The summed E-state index contributed by atoms with van der Waals surface area (Å²) in [4.78, 5) is 0. The molecular formula is C5H14N4. The Morgan fingerprint density at radius 3 is 2.33 bits per heavy atom. The summed E-state index contributed by atoms with van der Waals surface area (Å²) in [6.07, 6.45) is 0. The lowest BCUT2D eigenvalue weighted by atomic mass is 10.1. The van der Waals surface area contributed by atoms with E-state index in [1.54, 1.807) is 0 Å². The standard InChI is InChI=1S/C5H14N4/c1-4(2)5(3-6)8-9-7/h4,9H,3,6-7H2,1-2H3/b8-5-. The maximum absolute atomic E-state index is 5.33. The summed E-state index contributed by atoms with van der Waals surface area (Å²) in [5.74, 6) is 5.32. The zero-order valence-electron chi connectivity index (χ0n) is 5.89. The van der Waals surface area contributed by atoms with Crippen LogP contribution < -0.4 is 17.1 Å². The molecule has 5 N–H and O–H groups in total. The number of hydrazone groups is 1. The van der Waals surface area contributed by atoms with Crippen molar-refractivity contribution in [3.05, 3.63) is 0 Å². The molecule has 0 fully saturated rings. The summed E-state index contributed by atoms with van der Waals surface area (Å²) in [5, 5.41) is 3.76. The molecule has 0 aromatic heterocycles. The predicted molar refractivity (Wildman–Crippen MR) is 38.7 cm³/mol. The van der Waals surface area contributed by atoms with Crippen LogP contribution in [0.2, 0.25) is 0 Å². The van der Waals surface area contributed by atoms with Gasteiger partial charge in [-0.3, -0.25) is 0 Å². The third-order valence-electron chi connectivity index (χ3n) is 1.08. The Balaban J connectivity index is 3.81. The fourth-order valence-electron chi connectivity index (χ4n) is 0.493. The lowest BCUT2D eigenvalue weighted by Crippen LogP contribution is -2.25. The fraction of sp³-hybridized carbons (Fsp3) is 0.800. The zero-order valence-corrected chi connectivity index (χ0v) is 5.89. The van der Waals surface area contributed by atoms with Gasteiger partial charge in [-0.05, 0) is 5.92 Å². The van der Waals surface area contributed by atoms with Gasteiger partial charge in [0, 0.05) is 6.54 Å². The number of hydrogen-bond acceptors (Lipinski definition) is 4. The van der Waals surface area contributed by atoms with Gasteiger partial charge in [0.2, 0.25) is 0 Å². The Labute approximate surface area is 55.3 Å². The lowest BCUT2D eigenvalue weighted by molar-refractivity contribution is 0.764. The van der Waals surface area contributed by atoms with Crippen LogP contribution in [-0.2, 0) is 0 Å². The van der Waals surface area contributed by atoms with Crippen molar-refractivity contribution in [1.29, 1.82) is 0 Å². The molecule has 4 nitrogen and oxygen atoms in total. The smallest absolute Gasteiger partial charge is 0.0554 e. The molecule has 0 radical (unpaired) electrons. The van der Waals surface area contributed by atoms with Crippen molar-refractivity contribution in [2.45, 2.75) is 13.8 Å². The molecule has 0 aliphatic rings. The quantitative estimate of drug-likeness (QED) is 0.272. The first kappa shape index (κ1) is 8.39. The molecule has 9 heavy (non-hydrogen) atoms. The maximum Gasteiger partial charge on any atom is 0.0554 e. The van der Waals surface area contributed by atoms with Crippen LogP contribution in [0.3, 0.4) is 0 Å². The van der Waals surface area contributed by atoms with E-state index in [1.807, 2.05) is 13.8 Å². The van der Waals surface area contributed by atoms with Gasteiger partial charge in [0.15, 0.2) is 0 Å². The molecule has 0 atom stereocenters. The van der Waals surface area contributed by atoms with E-state index >= 15 is 0 Å². The Bertz CT molecular complexity index is 97.1. The second kappa shape index (κ2) is 4.29. The normalized spacial score (nSPS) is 12.3. The van der Waals surface area contributed by atoms with E-state index in [9.17, 15) is 0 Å². The zero-order chi connectivity index (χ0) is 7.28. The second-order valence-corrected chi connectivity index (χ2v) is 2.09. The number of rotatable bonds is 3. The van der Waals surface area contributed by atoms with Crippen LogP contribution in [0.15, 0.2) is 5.10 Å². The lowest BCUT2D eigenvalue weighted by Gasteiger charge is -2.04.